The highest BCUT2D eigenvalue weighted by atomic mass is 35.5. The third-order valence-electron chi connectivity index (χ3n) is 7.01. The summed E-state index contributed by atoms with van der Waals surface area (Å²) in [6.45, 7) is 3.02. The lowest BCUT2D eigenvalue weighted by Crippen LogP contribution is -2.49. The maximum atomic E-state index is 13.2. The quantitative estimate of drug-likeness (QED) is 0.374. The molecule has 5 rings (SSSR count). The number of benzene rings is 2. The van der Waals surface area contributed by atoms with Crippen molar-refractivity contribution < 1.29 is 9.53 Å². The standard InChI is InChI=1S/C27H30ClN7O4/c1-31-24-23(25(37)32(2)27(31)38)35(16-18-6-4-5-7-21(18)28)26(30-24)34-14-12-33(13-15-34)17-22(36)29-19-8-10-20(39-3)11-9-19/h4-11H,12-17H2,1-3H3,(H,29,36). The van der Waals surface area contributed by atoms with Gasteiger partial charge in [-0.1, -0.05) is 29.8 Å². The molecule has 2 aromatic heterocycles. The van der Waals surface area contributed by atoms with Crippen molar-refractivity contribution in [2.75, 3.05) is 50.1 Å². The summed E-state index contributed by atoms with van der Waals surface area (Å²) in [5.74, 6) is 1.21. The van der Waals surface area contributed by atoms with E-state index in [1.54, 1.807) is 44.5 Å². The van der Waals surface area contributed by atoms with Crippen LogP contribution in [0, 0.1) is 0 Å². The minimum atomic E-state index is -0.436. The lowest BCUT2D eigenvalue weighted by Gasteiger charge is -2.35. The van der Waals surface area contributed by atoms with Gasteiger partial charge < -0.3 is 15.0 Å². The molecule has 12 heteroatoms. The van der Waals surface area contributed by atoms with Gasteiger partial charge in [-0.3, -0.25) is 28.2 Å². The second-order valence-electron chi connectivity index (χ2n) is 9.51. The number of fused-ring (bicyclic) bond motifs is 1. The number of rotatable bonds is 7. The van der Waals surface area contributed by atoms with E-state index in [4.69, 9.17) is 21.3 Å². The molecular formula is C27H30ClN7O4. The Bertz CT molecular complexity index is 1630. The normalized spacial score (nSPS) is 14.1. The molecule has 1 fully saturated rings. The third kappa shape index (κ3) is 5.27. The van der Waals surface area contributed by atoms with Crippen molar-refractivity contribution in [1.82, 2.24) is 23.6 Å². The van der Waals surface area contributed by atoms with Crippen LogP contribution in [0.3, 0.4) is 0 Å². The molecule has 0 aliphatic carbocycles. The van der Waals surface area contributed by atoms with Crippen LogP contribution >= 0.6 is 11.6 Å². The smallest absolute Gasteiger partial charge is 0.332 e. The topological polar surface area (TPSA) is 107 Å². The Morgan fingerprint density at radius 3 is 2.36 bits per heavy atom. The fourth-order valence-electron chi connectivity index (χ4n) is 4.81. The zero-order valence-electron chi connectivity index (χ0n) is 22.1. The number of imidazole rings is 1. The zero-order valence-corrected chi connectivity index (χ0v) is 22.8. The zero-order chi connectivity index (χ0) is 27.7. The van der Waals surface area contributed by atoms with E-state index >= 15 is 0 Å². The van der Waals surface area contributed by atoms with E-state index in [1.165, 1.54) is 11.6 Å². The van der Waals surface area contributed by atoms with E-state index in [0.717, 1.165) is 15.9 Å². The highest BCUT2D eigenvalue weighted by molar-refractivity contribution is 6.31. The maximum Gasteiger partial charge on any atom is 0.332 e. The first-order valence-corrected chi connectivity index (χ1v) is 13.0. The highest BCUT2D eigenvalue weighted by Gasteiger charge is 2.26. The minimum Gasteiger partial charge on any atom is -0.497 e. The van der Waals surface area contributed by atoms with E-state index in [-0.39, 0.29) is 12.5 Å². The fraction of sp³-hybridized carbons (Fsp3) is 0.333. The van der Waals surface area contributed by atoms with Crippen molar-refractivity contribution in [3.8, 4) is 5.75 Å². The molecule has 1 saturated heterocycles. The van der Waals surface area contributed by atoms with Gasteiger partial charge >= 0.3 is 5.69 Å². The first-order chi connectivity index (χ1) is 18.8. The van der Waals surface area contributed by atoms with E-state index in [2.05, 4.69) is 15.1 Å². The van der Waals surface area contributed by atoms with Crippen LogP contribution in [0.4, 0.5) is 11.6 Å². The van der Waals surface area contributed by atoms with E-state index < -0.39 is 11.2 Å². The average Bonchev–Trinajstić information content (AvgIpc) is 3.32. The van der Waals surface area contributed by atoms with Crippen LogP contribution in [0.25, 0.3) is 11.2 Å². The summed E-state index contributed by atoms with van der Waals surface area (Å²) in [5.41, 5.74) is 1.37. The number of piperazine rings is 1. The van der Waals surface area contributed by atoms with Gasteiger partial charge in [0.15, 0.2) is 11.2 Å². The summed E-state index contributed by atoms with van der Waals surface area (Å²) in [7, 11) is 4.67. The summed E-state index contributed by atoms with van der Waals surface area (Å²) < 4.78 is 9.48. The van der Waals surface area contributed by atoms with Crippen molar-refractivity contribution in [2.45, 2.75) is 6.54 Å². The van der Waals surface area contributed by atoms with Crippen LogP contribution in [-0.4, -0.2) is 69.3 Å². The van der Waals surface area contributed by atoms with E-state index in [0.29, 0.717) is 60.5 Å². The van der Waals surface area contributed by atoms with Gasteiger partial charge in [0, 0.05) is 51.0 Å². The number of carbonyl (C=O) groups excluding carboxylic acids is 1. The van der Waals surface area contributed by atoms with E-state index in [9.17, 15) is 14.4 Å². The number of aryl methyl sites for hydroxylation is 1. The number of hydrogen-bond donors (Lipinski definition) is 1. The van der Waals surface area contributed by atoms with Gasteiger partial charge in [-0.25, -0.2) is 4.79 Å². The van der Waals surface area contributed by atoms with Crippen LogP contribution in [0.15, 0.2) is 58.1 Å². The number of anilines is 2. The molecule has 3 heterocycles. The molecule has 0 bridgehead atoms. The second kappa shape index (κ2) is 11.0. The largest absolute Gasteiger partial charge is 0.497 e. The molecular weight excluding hydrogens is 522 g/mol. The molecule has 0 saturated carbocycles. The number of nitrogens with zero attached hydrogens (tertiary/aromatic N) is 6. The van der Waals surface area contributed by atoms with Crippen molar-refractivity contribution in [2.24, 2.45) is 14.1 Å². The molecule has 1 amide bonds. The van der Waals surface area contributed by atoms with Gasteiger partial charge in [-0.2, -0.15) is 4.98 Å². The van der Waals surface area contributed by atoms with Crippen molar-refractivity contribution in [3.63, 3.8) is 0 Å². The molecule has 0 spiro atoms. The van der Waals surface area contributed by atoms with Gasteiger partial charge in [0.05, 0.1) is 20.2 Å². The fourth-order valence-corrected chi connectivity index (χ4v) is 5.00. The number of ether oxygens (including phenoxy) is 1. The molecule has 0 radical (unpaired) electrons. The first kappa shape index (κ1) is 26.5. The number of methoxy groups -OCH3 is 1. The predicted molar refractivity (Wildman–Crippen MR) is 151 cm³/mol. The number of amides is 1. The molecule has 204 valence electrons. The number of nitrogens with one attached hydrogen (secondary N) is 1. The van der Waals surface area contributed by atoms with Gasteiger partial charge in [0.1, 0.15) is 5.75 Å². The molecule has 0 unspecified atom stereocenters. The van der Waals surface area contributed by atoms with Gasteiger partial charge in [0.25, 0.3) is 5.56 Å². The van der Waals surface area contributed by atoms with Gasteiger partial charge in [-0.05, 0) is 35.9 Å². The van der Waals surface area contributed by atoms with Gasteiger partial charge in [0.2, 0.25) is 11.9 Å². The Morgan fingerprint density at radius 2 is 1.69 bits per heavy atom. The number of halogens is 1. The number of aromatic nitrogens is 4. The molecule has 1 N–H and O–H groups in total. The Kier molecular flexibility index (Phi) is 7.45. The lowest BCUT2D eigenvalue weighted by molar-refractivity contribution is -0.117. The van der Waals surface area contributed by atoms with Crippen LogP contribution < -0.4 is 26.2 Å². The molecule has 1 aliphatic rings. The Balaban J connectivity index is 1.37. The van der Waals surface area contributed by atoms with Crippen molar-refractivity contribution in [1.29, 1.82) is 0 Å². The van der Waals surface area contributed by atoms with Gasteiger partial charge in [-0.15, -0.1) is 0 Å². The lowest BCUT2D eigenvalue weighted by atomic mass is 10.2. The maximum absolute atomic E-state index is 13.2. The summed E-state index contributed by atoms with van der Waals surface area (Å²) in [6, 6.07) is 14.7. The first-order valence-electron chi connectivity index (χ1n) is 12.6. The van der Waals surface area contributed by atoms with Crippen molar-refractivity contribution in [3.05, 3.63) is 80.0 Å². The molecule has 39 heavy (non-hydrogen) atoms. The van der Waals surface area contributed by atoms with E-state index in [1.807, 2.05) is 22.8 Å². The van der Waals surface area contributed by atoms with Crippen LogP contribution in [0.1, 0.15) is 5.56 Å². The summed E-state index contributed by atoms with van der Waals surface area (Å²) in [6.07, 6.45) is 0. The van der Waals surface area contributed by atoms with Crippen LogP contribution in [-0.2, 0) is 25.4 Å². The summed E-state index contributed by atoms with van der Waals surface area (Å²) in [5, 5.41) is 3.50. The molecule has 0 atom stereocenters. The number of hydrogen-bond acceptors (Lipinski definition) is 7. The number of carbonyl (C=O) groups is 1. The Morgan fingerprint density at radius 1 is 1.00 bits per heavy atom. The molecule has 11 nitrogen and oxygen atoms in total. The molecule has 1 aliphatic heterocycles. The predicted octanol–water partition coefficient (Wildman–Crippen LogP) is 1.90. The molecule has 4 aromatic rings. The second-order valence-corrected chi connectivity index (χ2v) is 9.91. The minimum absolute atomic E-state index is 0.0990. The summed E-state index contributed by atoms with van der Waals surface area (Å²) >= 11 is 6.46. The summed E-state index contributed by atoms with van der Waals surface area (Å²) in [4.78, 5) is 47.4. The van der Waals surface area contributed by atoms with Crippen molar-refractivity contribution >= 4 is 40.3 Å². The SMILES string of the molecule is COc1ccc(NC(=O)CN2CCN(c3nc4c(c(=O)n(C)c(=O)n4C)n3Cc3ccccc3Cl)CC2)cc1. The Labute approximate surface area is 229 Å². The molecule has 2 aromatic carbocycles. The Hall–Kier alpha value is -4.09. The van der Waals surface area contributed by atoms with Crippen LogP contribution in [0.5, 0.6) is 5.75 Å². The monoisotopic (exact) mass is 551 g/mol. The van der Waals surface area contributed by atoms with Crippen LogP contribution in [0.2, 0.25) is 5.02 Å². The third-order valence-corrected chi connectivity index (χ3v) is 7.38. The highest BCUT2D eigenvalue weighted by Crippen LogP contribution is 2.25. The average molecular weight is 552 g/mol.